The zero-order chi connectivity index (χ0) is 16.2. The summed E-state index contributed by atoms with van der Waals surface area (Å²) in [6, 6.07) is 3.90. The summed E-state index contributed by atoms with van der Waals surface area (Å²) in [5.74, 6) is 7.47. The fraction of sp³-hybridized carbons (Fsp3) is 0.533. The molecule has 0 aliphatic carbocycles. The average Bonchev–Trinajstić information content (AvgIpc) is 3.22. The van der Waals surface area contributed by atoms with E-state index in [0.29, 0.717) is 28.5 Å². The monoisotopic (exact) mass is 335 g/mol. The molecule has 124 valence electrons. The molecule has 3 heterocycles. The largest absolute Gasteiger partial charge is 0.461 e. The van der Waals surface area contributed by atoms with Crippen LogP contribution < -0.4 is 5.84 Å². The standard InChI is InChI=1S/C15H21N5O2S/c1-2-11-6-3-4-8-19(11)13(21)10-23-15-18-17-14(20(15)16)12-7-5-9-22-12/h5,7,9,11H,2-4,6,8,10,16H2,1H3/t11-/m1/s1. The maximum Gasteiger partial charge on any atom is 0.233 e. The highest BCUT2D eigenvalue weighted by atomic mass is 32.2. The zero-order valence-corrected chi connectivity index (χ0v) is 14.0. The van der Waals surface area contributed by atoms with Crippen molar-refractivity contribution < 1.29 is 9.21 Å². The Hall–Kier alpha value is -1.96. The molecule has 2 N–H and O–H groups in total. The number of nitrogen functional groups attached to an aromatic ring is 1. The Labute approximate surface area is 139 Å². The first-order valence-corrected chi connectivity index (χ1v) is 8.86. The van der Waals surface area contributed by atoms with Gasteiger partial charge in [-0.3, -0.25) is 4.79 Å². The summed E-state index contributed by atoms with van der Waals surface area (Å²) < 4.78 is 6.64. The van der Waals surface area contributed by atoms with Gasteiger partial charge in [0.2, 0.25) is 16.9 Å². The number of rotatable bonds is 5. The van der Waals surface area contributed by atoms with Crippen molar-refractivity contribution in [1.29, 1.82) is 0 Å². The van der Waals surface area contributed by atoms with Gasteiger partial charge in [-0.05, 0) is 37.8 Å². The smallest absolute Gasteiger partial charge is 0.233 e. The number of piperidine rings is 1. The van der Waals surface area contributed by atoms with E-state index in [1.807, 2.05) is 4.90 Å². The second kappa shape index (κ2) is 7.08. The molecule has 2 aromatic heterocycles. The third kappa shape index (κ3) is 3.36. The van der Waals surface area contributed by atoms with Gasteiger partial charge in [0, 0.05) is 12.6 Å². The van der Waals surface area contributed by atoms with E-state index in [9.17, 15) is 4.79 Å². The zero-order valence-electron chi connectivity index (χ0n) is 13.1. The van der Waals surface area contributed by atoms with E-state index in [2.05, 4.69) is 17.1 Å². The molecule has 3 rings (SSSR count). The Kier molecular flexibility index (Phi) is 4.90. The van der Waals surface area contributed by atoms with Crippen LogP contribution in [0.2, 0.25) is 0 Å². The van der Waals surface area contributed by atoms with E-state index < -0.39 is 0 Å². The molecule has 1 saturated heterocycles. The predicted octanol–water partition coefficient (Wildman–Crippen LogP) is 2.14. The highest BCUT2D eigenvalue weighted by molar-refractivity contribution is 7.99. The molecule has 8 heteroatoms. The molecule has 1 atom stereocenters. The summed E-state index contributed by atoms with van der Waals surface area (Å²) in [5.41, 5.74) is 0. The number of aromatic nitrogens is 3. The summed E-state index contributed by atoms with van der Waals surface area (Å²) in [7, 11) is 0. The molecule has 0 aromatic carbocycles. The number of amides is 1. The molecular formula is C15H21N5O2S. The van der Waals surface area contributed by atoms with Crippen LogP contribution in [0, 0.1) is 0 Å². The number of carbonyl (C=O) groups is 1. The van der Waals surface area contributed by atoms with E-state index in [1.54, 1.807) is 18.4 Å². The van der Waals surface area contributed by atoms with Crippen molar-refractivity contribution in [3.05, 3.63) is 18.4 Å². The van der Waals surface area contributed by atoms with Crippen molar-refractivity contribution in [2.45, 2.75) is 43.8 Å². The van der Waals surface area contributed by atoms with Gasteiger partial charge >= 0.3 is 0 Å². The first kappa shape index (κ1) is 15.9. The lowest BCUT2D eigenvalue weighted by Gasteiger charge is -2.35. The highest BCUT2D eigenvalue weighted by Crippen LogP contribution is 2.24. The molecular weight excluding hydrogens is 314 g/mol. The van der Waals surface area contributed by atoms with Gasteiger partial charge in [-0.15, -0.1) is 10.2 Å². The number of hydrogen-bond acceptors (Lipinski definition) is 6. The first-order chi connectivity index (χ1) is 11.2. The molecule has 0 saturated carbocycles. The molecule has 7 nitrogen and oxygen atoms in total. The molecule has 1 fully saturated rings. The third-order valence-corrected chi connectivity index (χ3v) is 5.08. The number of furan rings is 1. The lowest BCUT2D eigenvalue weighted by molar-refractivity contribution is -0.132. The quantitative estimate of drug-likeness (QED) is 0.665. The van der Waals surface area contributed by atoms with E-state index in [4.69, 9.17) is 10.3 Å². The topological polar surface area (TPSA) is 90.2 Å². The van der Waals surface area contributed by atoms with Gasteiger partial charge < -0.3 is 15.2 Å². The molecule has 0 radical (unpaired) electrons. The number of likely N-dealkylation sites (tertiary alicyclic amines) is 1. The summed E-state index contributed by atoms with van der Waals surface area (Å²) in [4.78, 5) is 14.5. The van der Waals surface area contributed by atoms with Crippen LogP contribution in [0.4, 0.5) is 0 Å². The SMILES string of the molecule is CC[C@@H]1CCCCN1C(=O)CSc1nnc(-c2ccco2)n1N. The van der Waals surface area contributed by atoms with Crippen LogP contribution in [0.3, 0.4) is 0 Å². The molecule has 0 spiro atoms. The van der Waals surface area contributed by atoms with E-state index >= 15 is 0 Å². The van der Waals surface area contributed by atoms with Gasteiger partial charge in [0.15, 0.2) is 5.76 Å². The van der Waals surface area contributed by atoms with Crippen LogP contribution in [-0.2, 0) is 4.79 Å². The van der Waals surface area contributed by atoms with Gasteiger partial charge in [0.25, 0.3) is 0 Å². The Bertz CT molecular complexity index is 655. The Morgan fingerprint density at radius 3 is 3.09 bits per heavy atom. The van der Waals surface area contributed by atoms with Crippen LogP contribution >= 0.6 is 11.8 Å². The summed E-state index contributed by atoms with van der Waals surface area (Å²) in [6.45, 7) is 2.99. The normalized spacial score (nSPS) is 18.3. The second-order valence-electron chi connectivity index (χ2n) is 5.59. The maximum atomic E-state index is 12.5. The van der Waals surface area contributed by atoms with Gasteiger partial charge in [0.05, 0.1) is 12.0 Å². The number of hydrogen-bond donors (Lipinski definition) is 1. The number of thioether (sulfide) groups is 1. The molecule has 1 amide bonds. The molecule has 23 heavy (non-hydrogen) atoms. The Morgan fingerprint density at radius 1 is 1.48 bits per heavy atom. The fourth-order valence-corrected chi connectivity index (χ4v) is 3.65. The van der Waals surface area contributed by atoms with Crippen LogP contribution in [0.25, 0.3) is 11.6 Å². The number of nitrogens with two attached hydrogens (primary N) is 1. The summed E-state index contributed by atoms with van der Waals surface area (Å²) in [6.07, 6.45) is 5.96. The van der Waals surface area contributed by atoms with Gasteiger partial charge in [0.1, 0.15) is 0 Å². The molecule has 1 aliphatic heterocycles. The van der Waals surface area contributed by atoms with Crippen molar-refractivity contribution in [2.75, 3.05) is 18.1 Å². The fourth-order valence-electron chi connectivity index (χ4n) is 2.91. The lowest BCUT2D eigenvalue weighted by atomic mass is 10.0. The van der Waals surface area contributed by atoms with Crippen molar-refractivity contribution in [2.24, 2.45) is 0 Å². The second-order valence-corrected chi connectivity index (χ2v) is 6.53. The average molecular weight is 335 g/mol. The molecule has 2 aromatic rings. The van der Waals surface area contributed by atoms with E-state index in [1.165, 1.54) is 22.9 Å². The molecule has 1 aliphatic rings. The number of carbonyl (C=O) groups excluding carboxylic acids is 1. The Morgan fingerprint density at radius 2 is 2.35 bits per heavy atom. The summed E-state index contributed by atoms with van der Waals surface area (Å²) in [5, 5.41) is 8.59. The Balaban J connectivity index is 1.63. The van der Waals surface area contributed by atoms with E-state index in [0.717, 1.165) is 25.8 Å². The van der Waals surface area contributed by atoms with Gasteiger partial charge in [-0.25, -0.2) is 4.68 Å². The number of nitrogens with zero attached hydrogens (tertiary/aromatic N) is 4. The predicted molar refractivity (Wildman–Crippen MR) is 88.2 cm³/mol. The van der Waals surface area contributed by atoms with Crippen LogP contribution in [0.5, 0.6) is 0 Å². The van der Waals surface area contributed by atoms with Crippen LogP contribution in [-0.4, -0.2) is 44.0 Å². The highest BCUT2D eigenvalue weighted by Gasteiger charge is 2.25. The first-order valence-electron chi connectivity index (χ1n) is 7.87. The van der Waals surface area contributed by atoms with Gasteiger partial charge in [-0.1, -0.05) is 18.7 Å². The van der Waals surface area contributed by atoms with Crippen molar-refractivity contribution in [3.8, 4) is 11.6 Å². The van der Waals surface area contributed by atoms with Crippen molar-refractivity contribution in [3.63, 3.8) is 0 Å². The minimum atomic E-state index is 0.143. The van der Waals surface area contributed by atoms with E-state index in [-0.39, 0.29) is 5.91 Å². The van der Waals surface area contributed by atoms with Gasteiger partial charge in [-0.2, -0.15) is 0 Å². The molecule has 0 bridgehead atoms. The molecule has 0 unspecified atom stereocenters. The third-order valence-electron chi connectivity index (χ3n) is 4.15. The minimum absolute atomic E-state index is 0.143. The van der Waals surface area contributed by atoms with Crippen LogP contribution in [0.15, 0.2) is 28.0 Å². The van der Waals surface area contributed by atoms with Crippen molar-refractivity contribution in [1.82, 2.24) is 19.8 Å². The minimum Gasteiger partial charge on any atom is -0.461 e. The summed E-state index contributed by atoms with van der Waals surface area (Å²) >= 11 is 1.31. The van der Waals surface area contributed by atoms with Crippen molar-refractivity contribution >= 4 is 17.7 Å². The van der Waals surface area contributed by atoms with Crippen LogP contribution in [0.1, 0.15) is 32.6 Å². The lowest BCUT2D eigenvalue weighted by Crippen LogP contribution is -2.44. The maximum absolute atomic E-state index is 12.5.